The van der Waals surface area contributed by atoms with Gasteiger partial charge in [0.15, 0.2) is 0 Å². The summed E-state index contributed by atoms with van der Waals surface area (Å²) >= 11 is 0. The molecule has 0 aliphatic carbocycles. The van der Waals surface area contributed by atoms with Gasteiger partial charge in [0.2, 0.25) is 10.0 Å². The first-order valence-electron chi connectivity index (χ1n) is 8.56. The zero-order chi connectivity index (χ0) is 19.8. The van der Waals surface area contributed by atoms with Crippen molar-refractivity contribution in [2.75, 3.05) is 21.3 Å². The Kier molecular flexibility index (Phi) is 5.18. The number of anilines is 2. The van der Waals surface area contributed by atoms with Gasteiger partial charge < -0.3 is 0 Å². The molecule has 0 aromatic heterocycles. The number of benzene rings is 2. The van der Waals surface area contributed by atoms with Crippen molar-refractivity contribution in [3.05, 3.63) is 53.3 Å². The zero-order valence-electron chi connectivity index (χ0n) is 15.1. The molecule has 9 heteroatoms. The van der Waals surface area contributed by atoms with E-state index in [-0.39, 0.29) is 10.6 Å². The SMILES string of the molecule is CCS(=O)(=O)N1CCCc2cc(NS(=O)(=O)c3ccc(F)cc3C)ccc21. The van der Waals surface area contributed by atoms with Crippen molar-refractivity contribution in [2.45, 2.75) is 31.6 Å². The fraction of sp³-hybridized carbons (Fsp3) is 0.333. The molecule has 1 N–H and O–H groups in total. The van der Waals surface area contributed by atoms with Gasteiger partial charge in [-0.05, 0) is 74.2 Å². The van der Waals surface area contributed by atoms with Crippen molar-refractivity contribution < 1.29 is 21.2 Å². The van der Waals surface area contributed by atoms with Gasteiger partial charge in [0, 0.05) is 12.2 Å². The highest BCUT2D eigenvalue weighted by Crippen LogP contribution is 2.32. The molecule has 0 fully saturated rings. The highest BCUT2D eigenvalue weighted by atomic mass is 32.2. The Balaban J connectivity index is 1.94. The number of rotatable bonds is 5. The van der Waals surface area contributed by atoms with Crippen LogP contribution in [-0.2, 0) is 26.5 Å². The van der Waals surface area contributed by atoms with E-state index in [1.165, 1.54) is 17.3 Å². The number of hydrogen-bond donors (Lipinski definition) is 1. The normalized spacial score (nSPS) is 14.7. The number of aryl methyl sites for hydroxylation is 2. The van der Waals surface area contributed by atoms with Crippen LogP contribution in [0.1, 0.15) is 24.5 Å². The lowest BCUT2D eigenvalue weighted by Gasteiger charge is -2.30. The van der Waals surface area contributed by atoms with Gasteiger partial charge in [-0.15, -0.1) is 0 Å². The zero-order valence-corrected chi connectivity index (χ0v) is 16.7. The van der Waals surface area contributed by atoms with Crippen molar-refractivity contribution in [2.24, 2.45) is 0 Å². The van der Waals surface area contributed by atoms with Crippen molar-refractivity contribution in [3.63, 3.8) is 0 Å². The number of nitrogens with one attached hydrogen (secondary N) is 1. The fourth-order valence-corrected chi connectivity index (χ4v) is 5.67. The topological polar surface area (TPSA) is 83.6 Å². The number of hydrogen-bond acceptors (Lipinski definition) is 4. The van der Waals surface area contributed by atoms with Gasteiger partial charge in [0.1, 0.15) is 5.82 Å². The van der Waals surface area contributed by atoms with Gasteiger partial charge >= 0.3 is 0 Å². The smallest absolute Gasteiger partial charge is 0.262 e. The molecule has 0 saturated carbocycles. The second kappa shape index (κ2) is 7.12. The molecule has 0 bridgehead atoms. The van der Waals surface area contributed by atoms with Crippen LogP contribution in [0.3, 0.4) is 0 Å². The van der Waals surface area contributed by atoms with E-state index in [0.717, 1.165) is 17.7 Å². The molecule has 6 nitrogen and oxygen atoms in total. The average molecular weight is 413 g/mol. The molecule has 0 spiro atoms. The van der Waals surface area contributed by atoms with Crippen LogP contribution in [0.15, 0.2) is 41.3 Å². The largest absolute Gasteiger partial charge is 0.280 e. The molecular formula is C18H21FN2O4S2. The Morgan fingerprint density at radius 2 is 1.85 bits per heavy atom. The standard InChI is InChI=1S/C18H21FN2O4S2/c1-3-26(22,23)21-10-4-5-14-12-16(7-8-17(14)21)20-27(24,25)18-9-6-15(19)11-13(18)2/h6-9,11-12,20H,3-5,10H2,1-2H3. The van der Waals surface area contributed by atoms with Gasteiger partial charge in [-0.25, -0.2) is 21.2 Å². The molecule has 0 atom stereocenters. The highest BCUT2D eigenvalue weighted by Gasteiger charge is 2.26. The van der Waals surface area contributed by atoms with Crippen molar-refractivity contribution in [3.8, 4) is 0 Å². The van der Waals surface area contributed by atoms with E-state index in [2.05, 4.69) is 4.72 Å². The first-order valence-corrected chi connectivity index (χ1v) is 11.7. The van der Waals surface area contributed by atoms with Crippen LogP contribution in [0.2, 0.25) is 0 Å². The summed E-state index contributed by atoms with van der Waals surface area (Å²) in [5.74, 6) is -0.498. The molecule has 146 valence electrons. The van der Waals surface area contributed by atoms with Gasteiger partial charge in [-0.1, -0.05) is 0 Å². The number of sulfonamides is 2. The number of fused-ring (bicyclic) bond motifs is 1. The number of halogens is 1. The van der Waals surface area contributed by atoms with Crippen LogP contribution in [0, 0.1) is 12.7 Å². The summed E-state index contributed by atoms with van der Waals surface area (Å²) in [6.07, 6.45) is 1.33. The molecule has 0 radical (unpaired) electrons. The van der Waals surface area contributed by atoms with Crippen LogP contribution in [0.5, 0.6) is 0 Å². The molecule has 1 aliphatic heterocycles. The van der Waals surface area contributed by atoms with Crippen LogP contribution < -0.4 is 9.03 Å². The van der Waals surface area contributed by atoms with Crippen LogP contribution >= 0.6 is 0 Å². The minimum atomic E-state index is -3.88. The lowest BCUT2D eigenvalue weighted by Crippen LogP contribution is -2.36. The Bertz CT molecular complexity index is 1080. The minimum Gasteiger partial charge on any atom is -0.280 e. The number of nitrogens with zero attached hydrogens (tertiary/aromatic N) is 1. The third kappa shape index (κ3) is 3.93. The maximum absolute atomic E-state index is 13.2. The summed E-state index contributed by atoms with van der Waals surface area (Å²) in [4.78, 5) is -0.00296. The average Bonchev–Trinajstić information content (AvgIpc) is 2.60. The summed E-state index contributed by atoms with van der Waals surface area (Å²) in [5.41, 5.74) is 2.01. The third-order valence-electron chi connectivity index (χ3n) is 4.53. The molecule has 0 saturated heterocycles. The molecule has 3 rings (SSSR count). The van der Waals surface area contributed by atoms with Crippen molar-refractivity contribution >= 4 is 31.4 Å². The molecule has 2 aromatic rings. The van der Waals surface area contributed by atoms with E-state index in [4.69, 9.17) is 0 Å². The summed E-state index contributed by atoms with van der Waals surface area (Å²) in [6.45, 7) is 3.54. The van der Waals surface area contributed by atoms with Gasteiger partial charge in [0.25, 0.3) is 10.0 Å². The van der Waals surface area contributed by atoms with E-state index in [0.29, 0.717) is 36.3 Å². The van der Waals surface area contributed by atoms with Crippen LogP contribution in [-0.4, -0.2) is 29.1 Å². The molecular weight excluding hydrogens is 391 g/mol. The van der Waals surface area contributed by atoms with Crippen molar-refractivity contribution in [1.82, 2.24) is 0 Å². The minimum absolute atomic E-state index is 0.00296. The summed E-state index contributed by atoms with van der Waals surface area (Å²) in [7, 11) is -7.26. The lowest BCUT2D eigenvalue weighted by molar-refractivity contribution is 0.587. The monoisotopic (exact) mass is 412 g/mol. The quantitative estimate of drug-likeness (QED) is 0.818. The van der Waals surface area contributed by atoms with Gasteiger partial charge in [-0.3, -0.25) is 9.03 Å². The van der Waals surface area contributed by atoms with Crippen molar-refractivity contribution in [1.29, 1.82) is 0 Å². The first-order chi connectivity index (χ1) is 12.6. The molecule has 1 aliphatic rings. The molecule has 0 unspecified atom stereocenters. The molecule has 2 aromatic carbocycles. The van der Waals surface area contributed by atoms with E-state index >= 15 is 0 Å². The molecule has 0 amide bonds. The van der Waals surface area contributed by atoms with Crippen LogP contribution in [0.25, 0.3) is 0 Å². The maximum Gasteiger partial charge on any atom is 0.262 e. The van der Waals surface area contributed by atoms with E-state index in [1.807, 2.05) is 0 Å². The van der Waals surface area contributed by atoms with Gasteiger partial charge in [0.05, 0.1) is 16.3 Å². The van der Waals surface area contributed by atoms with E-state index in [1.54, 1.807) is 25.1 Å². The highest BCUT2D eigenvalue weighted by molar-refractivity contribution is 7.93. The Morgan fingerprint density at radius 3 is 2.52 bits per heavy atom. The third-order valence-corrected chi connectivity index (χ3v) is 7.86. The second-order valence-electron chi connectivity index (χ2n) is 6.44. The Hall–Kier alpha value is -2.13. The maximum atomic E-state index is 13.2. The Labute approximate surface area is 159 Å². The molecule has 1 heterocycles. The van der Waals surface area contributed by atoms with E-state index in [9.17, 15) is 21.2 Å². The van der Waals surface area contributed by atoms with E-state index < -0.39 is 25.9 Å². The summed E-state index contributed by atoms with van der Waals surface area (Å²) in [5, 5.41) is 0. The molecule has 27 heavy (non-hydrogen) atoms. The fourth-order valence-electron chi connectivity index (χ4n) is 3.20. The second-order valence-corrected chi connectivity index (χ2v) is 10.3. The Morgan fingerprint density at radius 1 is 1.11 bits per heavy atom. The predicted molar refractivity (Wildman–Crippen MR) is 104 cm³/mol. The summed E-state index contributed by atoms with van der Waals surface area (Å²) < 4.78 is 66.9. The van der Waals surface area contributed by atoms with Gasteiger partial charge in [-0.2, -0.15) is 0 Å². The summed E-state index contributed by atoms with van der Waals surface area (Å²) in [6, 6.07) is 8.30. The predicted octanol–water partition coefficient (Wildman–Crippen LogP) is 3.04. The first kappa shape index (κ1) is 19.6. The lowest BCUT2D eigenvalue weighted by atomic mass is 10.0. The van der Waals surface area contributed by atoms with Crippen LogP contribution in [0.4, 0.5) is 15.8 Å².